The first kappa shape index (κ1) is 12.7. The number of benzene rings is 1. The number of carbonyl (C=O) groups excluding carboxylic acids is 2. The highest BCUT2D eigenvalue weighted by Crippen LogP contribution is 2.45. The van der Waals surface area contributed by atoms with Gasteiger partial charge in [0.15, 0.2) is 0 Å². The summed E-state index contributed by atoms with van der Waals surface area (Å²) in [4.78, 5) is 26.1. The molecule has 2 fully saturated rings. The van der Waals surface area contributed by atoms with Crippen LogP contribution in [-0.4, -0.2) is 40.6 Å². The third kappa shape index (κ3) is 1.78. The number of imide groups is 1. The highest BCUT2D eigenvalue weighted by Gasteiger charge is 2.60. The fourth-order valence-corrected chi connectivity index (χ4v) is 3.50. The summed E-state index contributed by atoms with van der Waals surface area (Å²) in [6.07, 6.45) is 2.29. The molecule has 0 radical (unpaired) electrons. The van der Waals surface area contributed by atoms with Crippen molar-refractivity contribution in [1.29, 1.82) is 0 Å². The molecule has 5 heteroatoms. The van der Waals surface area contributed by atoms with Crippen LogP contribution < -0.4 is 0 Å². The molecule has 2 saturated heterocycles. The number of likely N-dealkylation sites (tertiary alicyclic amines) is 1. The Hall–Kier alpha value is -1.98. The second-order valence-electron chi connectivity index (χ2n) is 5.72. The predicted octanol–water partition coefficient (Wildman–Crippen LogP) is 0.658. The van der Waals surface area contributed by atoms with Crippen molar-refractivity contribution in [3.05, 3.63) is 48.0 Å². The van der Waals surface area contributed by atoms with E-state index in [4.69, 9.17) is 4.74 Å². The van der Waals surface area contributed by atoms with Gasteiger partial charge in [-0.2, -0.15) is 0 Å². The van der Waals surface area contributed by atoms with Crippen LogP contribution in [0, 0.1) is 11.8 Å². The molecule has 0 unspecified atom stereocenters. The lowest BCUT2D eigenvalue weighted by Gasteiger charge is -2.21. The normalized spacial score (nSPS) is 34.6. The summed E-state index contributed by atoms with van der Waals surface area (Å²) in [5.74, 6) is -1.26. The maximum atomic E-state index is 12.4. The second-order valence-corrected chi connectivity index (χ2v) is 5.72. The standard InChI is InChI=1S/C16H15NO4/c18-10(9-4-2-1-3-5-9)8-17-15(19)13-11-6-7-12(21-11)14(13)16(17)20/h1-7,10-14,18H,8H2/t10-,11+,12+,13-,14+/m1/s1. The first-order valence-electron chi connectivity index (χ1n) is 7.09. The Labute approximate surface area is 121 Å². The molecule has 21 heavy (non-hydrogen) atoms. The van der Waals surface area contributed by atoms with Crippen LogP contribution in [0.25, 0.3) is 0 Å². The van der Waals surface area contributed by atoms with E-state index in [1.165, 1.54) is 4.90 Å². The number of ether oxygens (including phenoxy) is 1. The first-order chi connectivity index (χ1) is 10.2. The molecule has 0 aromatic heterocycles. The van der Waals surface area contributed by atoms with Gasteiger partial charge in [0.05, 0.1) is 36.7 Å². The van der Waals surface area contributed by atoms with Crippen LogP contribution >= 0.6 is 0 Å². The summed E-state index contributed by atoms with van der Waals surface area (Å²) < 4.78 is 5.58. The molecule has 1 aromatic carbocycles. The number of carbonyl (C=O) groups is 2. The lowest BCUT2D eigenvalue weighted by Crippen LogP contribution is -2.37. The van der Waals surface area contributed by atoms with Gasteiger partial charge in [-0.3, -0.25) is 14.5 Å². The van der Waals surface area contributed by atoms with Gasteiger partial charge in [0.25, 0.3) is 0 Å². The summed E-state index contributed by atoms with van der Waals surface area (Å²) >= 11 is 0. The number of hydrogen-bond acceptors (Lipinski definition) is 4. The van der Waals surface area contributed by atoms with Crippen molar-refractivity contribution in [3.8, 4) is 0 Å². The van der Waals surface area contributed by atoms with E-state index in [1.54, 1.807) is 12.1 Å². The number of rotatable bonds is 3. The maximum Gasteiger partial charge on any atom is 0.236 e. The van der Waals surface area contributed by atoms with Gasteiger partial charge in [-0.15, -0.1) is 0 Å². The molecule has 3 heterocycles. The van der Waals surface area contributed by atoms with E-state index in [0.29, 0.717) is 5.56 Å². The van der Waals surface area contributed by atoms with Crippen LogP contribution in [-0.2, 0) is 14.3 Å². The molecule has 0 aliphatic carbocycles. The lowest BCUT2D eigenvalue weighted by molar-refractivity contribution is -0.144. The van der Waals surface area contributed by atoms with Gasteiger partial charge in [0.1, 0.15) is 0 Å². The average Bonchev–Trinajstić information content (AvgIpc) is 3.18. The largest absolute Gasteiger partial charge is 0.387 e. The number of aliphatic hydroxyl groups excluding tert-OH is 1. The fourth-order valence-electron chi connectivity index (χ4n) is 3.50. The van der Waals surface area contributed by atoms with Gasteiger partial charge < -0.3 is 9.84 Å². The SMILES string of the molecule is O=C1[C@@H]2[C@H](C(=O)N1C[C@@H](O)c1ccccc1)[C@@H]1C=C[C@@H]2O1. The number of nitrogens with zero attached hydrogens (tertiary/aromatic N) is 1. The Bertz CT molecular complexity index is 596. The Morgan fingerprint density at radius 3 is 2.19 bits per heavy atom. The minimum absolute atomic E-state index is 0.00806. The first-order valence-corrected chi connectivity index (χ1v) is 7.09. The molecule has 2 bridgehead atoms. The summed E-state index contributed by atoms with van der Waals surface area (Å²) in [5.41, 5.74) is 0.701. The number of amides is 2. The highest BCUT2D eigenvalue weighted by atomic mass is 16.5. The Kier molecular flexibility index (Phi) is 2.74. The van der Waals surface area contributed by atoms with E-state index in [2.05, 4.69) is 0 Å². The van der Waals surface area contributed by atoms with E-state index in [9.17, 15) is 14.7 Å². The van der Waals surface area contributed by atoms with Crippen LogP contribution in [0.15, 0.2) is 42.5 Å². The van der Waals surface area contributed by atoms with Crippen molar-refractivity contribution >= 4 is 11.8 Å². The van der Waals surface area contributed by atoms with Gasteiger partial charge in [0.2, 0.25) is 11.8 Å². The topological polar surface area (TPSA) is 66.8 Å². The van der Waals surface area contributed by atoms with Gasteiger partial charge in [-0.05, 0) is 5.56 Å². The van der Waals surface area contributed by atoms with E-state index in [-0.39, 0.29) is 30.6 Å². The van der Waals surface area contributed by atoms with Gasteiger partial charge in [-0.1, -0.05) is 42.5 Å². The van der Waals surface area contributed by atoms with E-state index >= 15 is 0 Å². The van der Waals surface area contributed by atoms with Crippen LogP contribution in [0.4, 0.5) is 0 Å². The predicted molar refractivity (Wildman–Crippen MR) is 72.9 cm³/mol. The Morgan fingerprint density at radius 2 is 1.62 bits per heavy atom. The van der Waals surface area contributed by atoms with Crippen LogP contribution in [0.3, 0.4) is 0 Å². The minimum Gasteiger partial charge on any atom is -0.387 e. The van der Waals surface area contributed by atoms with Crippen LogP contribution in [0.1, 0.15) is 11.7 Å². The fraction of sp³-hybridized carbons (Fsp3) is 0.375. The van der Waals surface area contributed by atoms with Crippen molar-refractivity contribution in [1.82, 2.24) is 4.90 Å². The molecule has 0 saturated carbocycles. The maximum absolute atomic E-state index is 12.4. The number of fused-ring (bicyclic) bond motifs is 5. The number of β-amino-alcohol motifs (C(OH)–C–C–N with tert-alkyl or cyclic N) is 1. The van der Waals surface area contributed by atoms with Crippen LogP contribution in [0.5, 0.6) is 0 Å². The summed E-state index contributed by atoms with van der Waals surface area (Å²) in [6.45, 7) is 0.00806. The van der Waals surface area contributed by atoms with Crippen molar-refractivity contribution in [2.45, 2.75) is 18.3 Å². The molecule has 3 aliphatic rings. The molecule has 108 valence electrons. The molecular formula is C16H15NO4. The monoisotopic (exact) mass is 285 g/mol. The Morgan fingerprint density at radius 1 is 1.05 bits per heavy atom. The molecule has 1 N–H and O–H groups in total. The smallest absolute Gasteiger partial charge is 0.236 e. The van der Waals surface area contributed by atoms with E-state index in [0.717, 1.165) is 0 Å². The second kappa shape index (κ2) is 4.51. The third-order valence-corrected chi connectivity index (χ3v) is 4.54. The van der Waals surface area contributed by atoms with Gasteiger partial charge in [-0.25, -0.2) is 0 Å². The molecule has 1 aromatic rings. The zero-order chi connectivity index (χ0) is 14.6. The Balaban J connectivity index is 1.55. The summed E-state index contributed by atoms with van der Waals surface area (Å²) in [5, 5.41) is 10.2. The summed E-state index contributed by atoms with van der Waals surface area (Å²) in [7, 11) is 0. The average molecular weight is 285 g/mol. The number of aliphatic hydroxyl groups is 1. The van der Waals surface area contributed by atoms with E-state index < -0.39 is 17.9 Å². The molecule has 5 atom stereocenters. The van der Waals surface area contributed by atoms with Gasteiger partial charge in [0, 0.05) is 0 Å². The summed E-state index contributed by atoms with van der Waals surface area (Å²) in [6, 6.07) is 9.06. The molecule has 3 aliphatic heterocycles. The molecular weight excluding hydrogens is 270 g/mol. The number of hydrogen-bond donors (Lipinski definition) is 1. The molecule has 5 nitrogen and oxygen atoms in total. The van der Waals surface area contributed by atoms with Gasteiger partial charge >= 0.3 is 0 Å². The lowest BCUT2D eigenvalue weighted by atomic mass is 9.85. The zero-order valence-electron chi connectivity index (χ0n) is 11.3. The van der Waals surface area contributed by atoms with Crippen molar-refractivity contribution in [3.63, 3.8) is 0 Å². The zero-order valence-corrected chi connectivity index (χ0v) is 11.3. The van der Waals surface area contributed by atoms with E-state index in [1.807, 2.05) is 30.4 Å². The van der Waals surface area contributed by atoms with Crippen LogP contribution in [0.2, 0.25) is 0 Å². The van der Waals surface area contributed by atoms with Crippen molar-refractivity contribution in [2.75, 3.05) is 6.54 Å². The molecule has 2 amide bonds. The minimum atomic E-state index is -0.857. The molecule has 0 spiro atoms. The van der Waals surface area contributed by atoms with Crippen molar-refractivity contribution < 1.29 is 19.4 Å². The highest BCUT2D eigenvalue weighted by molar-refractivity contribution is 6.06. The quantitative estimate of drug-likeness (QED) is 0.654. The molecule has 4 rings (SSSR count). The third-order valence-electron chi connectivity index (χ3n) is 4.54. The van der Waals surface area contributed by atoms with Crippen molar-refractivity contribution in [2.24, 2.45) is 11.8 Å².